The standard InChI is InChI=1S/C14H28N2O/c1-2-16(12-8-5-6-11(12)10-15)13-7-3-4-9-14(13)17/h11-14,17H,2-10,15H2,1H3. The van der Waals surface area contributed by atoms with Crippen molar-refractivity contribution in [3.63, 3.8) is 0 Å². The molecular formula is C14H28N2O. The van der Waals surface area contributed by atoms with E-state index in [9.17, 15) is 5.11 Å². The Morgan fingerprint density at radius 2 is 1.76 bits per heavy atom. The lowest BCUT2D eigenvalue weighted by Crippen LogP contribution is -2.52. The predicted octanol–water partition coefficient (Wildman–Crippen LogP) is 1.74. The molecule has 0 aliphatic heterocycles. The number of likely N-dealkylation sites (N-methyl/N-ethyl adjacent to an activating group) is 1. The van der Waals surface area contributed by atoms with Crippen molar-refractivity contribution >= 4 is 0 Å². The van der Waals surface area contributed by atoms with Crippen LogP contribution < -0.4 is 5.73 Å². The summed E-state index contributed by atoms with van der Waals surface area (Å²) in [5.74, 6) is 0.657. The monoisotopic (exact) mass is 240 g/mol. The van der Waals surface area contributed by atoms with Crippen LogP contribution in [0, 0.1) is 5.92 Å². The summed E-state index contributed by atoms with van der Waals surface area (Å²) in [5, 5.41) is 10.2. The Labute approximate surface area is 105 Å². The van der Waals surface area contributed by atoms with Crippen LogP contribution in [0.2, 0.25) is 0 Å². The molecule has 2 fully saturated rings. The highest BCUT2D eigenvalue weighted by atomic mass is 16.3. The zero-order chi connectivity index (χ0) is 12.3. The summed E-state index contributed by atoms with van der Waals surface area (Å²) < 4.78 is 0. The van der Waals surface area contributed by atoms with Crippen LogP contribution in [-0.2, 0) is 0 Å². The Balaban J connectivity index is 2.03. The first kappa shape index (κ1) is 13.3. The third-order valence-electron chi connectivity index (χ3n) is 4.83. The predicted molar refractivity (Wildman–Crippen MR) is 70.8 cm³/mol. The summed E-state index contributed by atoms with van der Waals surface area (Å²) >= 11 is 0. The molecule has 4 unspecified atom stereocenters. The van der Waals surface area contributed by atoms with Crippen LogP contribution in [0.25, 0.3) is 0 Å². The van der Waals surface area contributed by atoms with Gasteiger partial charge in [-0.3, -0.25) is 4.90 Å². The minimum atomic E-state index is -0.109. The molecule has 2 aliphatic rings. The quantitative estimate of drug-likeness (QED) is 0.787. The normalized spacial score (nSPS) is 38.8. The van der Waals surface area contributed by atoms with Gasteiger partial charge in [0.2, 0.25) is 0 Å². The van der Waals surface area contributed by atoms with E-state index in [1.54, 1.807) is 0 Å². The van der Waals surface area contributed by atoms with Crippen molar-refractivity contribution in [3.05, 3.63) is 0 Å². The summed E-state index contributed by atoms with van der Waals surface area (Å²) in [6.45, 7) is 4.10. The van der Waals surface area contributed by atoms with Gasteiger partial charge in [-0.05, 0) is 44.7 Å². The van der Waals surface area contributed by atoms with E-state index >= 15 is 0 Å². The lowest BCUT2D eigenvalue weighted by Gasteiger charge is -2.42. The van der Waals surface area contributed by atoms with Crippen molar-refractivity contribution in [1.29, 1.82) is 0 Å². The van der Waals surface area contributed by atoms with Crippen molar-refractivity contribution in [2.24, 2.45) is 11.7 Å². The fourth-order valence-electron chi connectivity index (χ4n) is 3.92. The number of nitrogens with two attached hydrogens (primary N) is 1. The third kappa shape index (κ3) is 2.83. The van der Waals surface area contributed by atoms with Gasteiger partial charge in [-0.1, -0.05) is 26.2 Å². The molecule has 0 spiro atoms. The Hall–Kier alpha value is -0.120. The van der Waals surface area contributed by atoms with E-state index in [1.165, 1.54) is 38.5 Å². The number of rotatable bonds is 4. The minimum absolute atomic E-state index is 0.109. The van der Waals surface area contributed by atoms with Gasteiger partial charge in [0, 0.05) is 12.1 Å². The first-order valence-electron chi connectivity index (χ1n) is 7.41. The molecule has 3 N–H and O–H groups in total. The van der Waals surface area contributed by atoms with E-state index in [-0.39, 0.29) is 6.10 Å². The van der Waals surface area contributed by atoms with Gasteiger partial charge >= 0.3 is 0 Å². The summed E-state index contributed by atoms with van der Waals surface area (Å²) in [7, 11) is 0. The smallest absolute Gasteiger partial charge is 0.0695 e. The molecule has 0 aromatic heterocycles. The Morgan fingerprint density at radius 1 is 1.06 bits per heavy atom. The van der Waals surface area contributed by atoms with E-state index in [0.29, 0.717) is 18.0 Å². The Kier molecular flexibility index (Phi) is 4.83. The minimum Gasteiger partial charge on any atom is -0.391 e. The van der Waals surface area contributed by atoms with Crippen LogP contribution in [0.1, 0.15) is 51.9 Å². The fraction of sp³-hybridized carbons (Fsp3) is 1.00. The van der Waals surface area contributed by atoms with Gasteiger partial charge in [-0.2, -0.15) is 0 Å². The largest absolute Gasteiger partial charge is 0.391 e. The average molecular weight is 240 g/mol. The number of hydrogen-bond donors (Lipinski definition) is 2. The van der Waals surface area contributed by atoms with Gasteiger partial charge in [0.05, 0.1) is 6.10 Å². The summed E-state index contributed by atoms with van der Waals surface area (Å²) in [5.41, 5.74) is 5.89. The molecule has 4 atom stereocenters. The molecule has 0 bridgehead atoms. The van der Waals surface area contributed by atoms with Crippen molar-refractivity contribution in [1.82, 2.24) is 4.90 Å². The second kappa shape index (κ2) is 6.17. The molecule has 0 radical (unpaired) electrons. The molecule has 0 amide bonds. The van der Waals surface area contributed by atoms with E-state index in [1.807, 2.05) is 0 Å². The highest BCUT2D eigenvalue weighted by Crippen LogP contribution is 2.34. The molecule has 0 aromatic rings. The molecule has 100 valence electrons. The number of aliphatic hydroxyl groups is 1. The number of nitrogens with zero attached hydrogens (tertiary/aromatic N) is 1. The Morgan fingerprint density at radius 3 is 2.41 bits per heavy atom. The summed E-state index contributed by atoms with van der Waals surface area (Å²) in [4.78, 5) is 2.56. The van der Waals surface area contributed by atoms with E-state index in [4.69, 9.17) is 5.73 Å². The van der Waals surface area contributed by atoms with Gasteiger partial charge in [-0.15, -0.1) is 0 Å². The fourth-order valence-corrected chi connectivity index (χ4v) is 3.92. The maximum absolute atomic E-state index is 10.2. The molecular weight excluding hydrogens is 212 g/mol. The van der Waals surface area contributed by atoms with Crippen LogP contribution >= 0.6 is 0 Å². The van der Waals surface area contributed by atoms with E-state index in [0.717, 1.165) is 19.5 Å². The van der Waals surface area contributed by atoms with Gasteiger partial charge in [0.25, 0.3) is 0 Å². The van der Waals surface area contributed by atoms with E-state index < -0.39 is 0 Å². The van der Waals surface area contributed by atoms with Crippen molar-refractivity contribution < 1.29 is 5.11 Å². The third-order valence-corrected chi connectivity index (χ3v) is 4.83. The van der Waals surface area contributed by atoms with Crippen molar-refractivity contribution in [2.45, 2.75) is 70.1 Å². The maximum atomic E-state index is 10.2. The van der Waals surface area contributed by atoms with Gasteiger partial charge in [0.1, 0.15) is 0 Å². The number of aliphatic hydroxyl groups excluding tert-OH is 1. The second-order valence-electron chi connectivity index (χ2n) is 5.74. The zero-order valence-electron chi connectivity index (χ0n) is 11.1. The van der Waals surface area contributed by atoms with Gasteiger partial charge < -0.3 is 10.8 Å². The van der Waals surface area contributed by atoms with Gasteiger partial charge in [-0.25, -0.2) is 0 Å². The topological polar surface area (TPSA) is 49.5 Å². The first-order valence-corrected chi connectivity index (χ1v) is 7.41. The lowest BCUT2D eigenvalue weighted by molar-refractivity contribution is -0.00678. The lowest BCUT2D eigenvalue weighted by atomic mass is 9.89. The molecule has 3 nitrogen and oxygen atoms in total. The molecule has 0 heterocycles. The SMILES string of the molecule is CCN(C1CCCCC1O)C1CCCC1CN. The van der Waals surface area contributed by atoms with E-state index in [2.05, 4.69) is 11.8 Å². The van der Waals surface area contributed by atoms with Crippen LogP contribution in [0.4, 0.5) is 0 Å². The maximum Gasteiger partial charge on any atom is 0.0695 e. The van der Waals surface area contributed by atoms with Crippen LogP contribution in [0.15, 0.2) is 0 Å². The Bertz CT molecular complexity index is 232. The van der Waals surface area contributed by atoms with Crippen LogP contribution in [0.3, 0.4) is 0 Å². The molecule has 17 heavy (non-hydrogen) atoms. The van der Waals surface area contributed by atoms with Crippen LogP contribution in [0.5, 0.6) is 0 Å². The molecule has 0 saturated heterocycles. The molecule has 2 saturated carbocycles. The summed E-state index contributed by atoms with van der Waals surface area (Å²) in [6.07, 6.45) is 8.39. The number of hydrogen-bond acceptors (Lipinski definition) is 3. The van der Waals surface area contributed by atoms with Gasteiger partial charge in [0.15, 0.2) is 0 Å². The molecule has 2 aliphatic carbocycles. The zero-order valence-corrected chi connectivity index (χ0v) is 11.1. The highest BCUT2D eigenvalue weighted by Gasteiger charge is 2.37. The van der Waals surface area contributed by atoms with Crippen LogP contribution in [-0.4, -0.2) is 41.3 Å². The average Bonchev–Trinajstić information content (AvgIpc) is 2.81. The van der Waals surface area contributed by atoms with Crippen molar-refractivity contribution in [2.75, 3.05) is 13.1 Å². The summed E-state index contributed by atoms with van der Waals surface area (Å²) in [6, 6.07) is 1.02. The highest BCUT2D eigenvalue weighted by molar-refractivity contribution is 4.92. The first-order chi connectivity index (χ1) is 8.27. The molecule has 2 rings (SSSR count). The molecule has 0 aromatic carbocycles. The molecule has 3 heteroatoms. The van der Waals surface area contributed by atoms with Crippen molar-refractivity contribution in [3.8, 4) is 0 Å². The second-order valence-corrected chi connectivity index (χ2v) is 5.74.